The molecule has 4 heterocycles. The lowest BCUT2D eigenvalue weighted by atomic mass is 10.1. The predicted molar refractivity (Wildman–Crippen MR) is 137 cm³/mol. The van der Waals surface area contributed by atoms with Crippen molar-refractivity contribution >= 4 is 28.7 Å². The third-order valence-electron chi connectivity index (χ3n) is 6.88. The Hall–Kier alpha value is -4.28. The van der Waals surface area contributed by atoms with Gasteiger partial charge in [-0.05, 0) is 44.4 Å². The Morgan fingerprint density at radius 3 is 2.53 bits per heavy atom. The number of anilines is 2. The highest BCUT2D eigenvalue weighted by molar-refractivity contribution is 5.95. The number of nitrogens with zero attached hydrogens (tertiary/aromatic N) is 7. The normalized spacial score (nSPS) is 16.4. The zero-order chi connectivity index (χ0) is 25.6. The van der Waals surface area contributed by atoms with Gasteiger partial charge in [0.1, 0.15) is 6.04 Å². The van der Waals surface area contributed by atoms with E-state index in [0.717, 1.165) is 41.0 Å². The molecule has 0 aliphatic carbocycles. The second-order valence-corrected chi connectivity index (χ2v) is 9.23. The quantitative estimate of drug-likeness (QED) is 0.457. The fourth-order valence-corrected chi connectivity index (χ4v) is 4.66. The van der Waals surface area contributed by atoms with Crippen LogP contribution in [-0.2, 0) is 18.9 Å². The van der Waals surface area contributed by atoms with E-state index in [2.05, 4.69) is 32.1 Å². The maximum atomic E-state index is 13.1. The summed E-state index contributed by atoms with van der Waals surface area (Å²) < 4.78 is 3.79. The first kappa shape index (κ1) is 23.5. The molecule has 11 heteroatoms. The largest absolute Gasteiger partial charge is 0.338 e. The van der Waals surface area contributed by atoms with Crippen LogP contribution in [-0.4, -0.2) is 47.1 Å². The molecule has 1 amide bonds. The Balaban J connectivity index is 1.37. The number of fused-ring (bicyclic) bond motifs is 1. The summed E-state index contributed by atoms with van der Waals surface area (Å²) in [6, 6.07) is 7.14. The van der Waals surface area contributed by atoms with E-state index >= 15 is 0 Å². The van der Waals surface area contributed by atoms with Gasteiger partial charge in [0.05, 0.1) is 6.33 Å². The molecule has 1 aromatic carbocycles. The summed E-state index contributed by atoms with van der Waals surface area (Å²) in [5, 5.41) is 2.91. The molecule has 1 aliphatic heterocycles. The lowest BCUT2D eigenvalue weighted by Gasteiger charge is -2.21. The SMILES string of the molecule is C[C@H]1CCCN1c1ncc(-c2cccc(NC(=O)[C@H](C)n3cnc4c3c(=O)n(C)c(=O)n4C)c2)cn1. The minimum absolute atomic E-state index is 0.195. The van der Waals surface area contributed by atoms with Crippen molar-refractivity contribution in [2.24, 2.45) is 14.1 Å². The number of hydrogen-bond donors (Lipinski definition) is 1. The summed E-state index contributed by atoms with van der Waals surface area (Å²) in [6.07, 6.45) is 7.30. The van der Waals surface area contributed by atoms with Crippen LogP contribution in [0.2, 0.25) is 0 Å². The first-order valence-corrected chi connectivity index (χ1v) is 11.9. The summed E-state index contributed by atoms with van der Waals surface area (Å²) >= 11 is 0. The predicted octanol–water partition coefficient (Wildman–Crippen LogP) is 2.08. The van der Waals surface area contributed by atoms with Gasteiger partial charge in [-0.15, -0.1) is 0 Å². The van der Waals surface area contributed by atoms with E-state index < -0.39 is 17.3 Å². The molecule has 1 fully saturated rings. The average Bonchev–Trinajstić information content (AvgIpc) is 3.52. The molecule has 2 atom stereocenters. The number of carbonyl (C=O) groups is 1. The molecule has 5 rings (SSSR count). The van der Waals surface area contributed by atoms with Crippen LogP contribution in [0.15, 0.2) is 52.6 Å². The minimum Gasteiger partial charge on any atom is -0.338 e. The summed E-state index contributed by atoms with van der Waals surface area (Å²) in [5.41, 5.74) is 1.78. The number of benzene rings is 1. The van der Waals surface area contributed by atoms with Crippen LogP contribution in [0.5, 0.6) is 0 Å². The number of amides is 1. The Labute approximate surface area is 207 Å². The molecule has 0 unspecified atom stereocenters. The van der Waals surface area contributed by atoms with E-state index in [-0.39, 0.29) is 17.1 Å². The fourth-order valence-electron chi connectivity index (χ4n) is 4.66. The number of carbonyl (C=O) groups excluding carboxylic acids is 1. The number of rotatable bonds is 5. The molecule has 36 heavy (non-hydrogen) atoms. The molecule has 0 saturated carbocycles. The van der Waals surface area contributed by atoms with Crippen molar-refractivity contribution in [1.82, 2.24) is 28.7 Å². The Morgan fingerprint density at radius 2 is 1.83 bits per heavy atom. The van der Waals surface area contributed by atoms with E-state index in [0.29, 0.717) is 11.7 Å². The van der Waals surface area contributed by atoms with Crippen LogP contribution in [0.25, 0.3) is 22.3 Å². The number of hydrogen-bond acceptors (Lipinski definition) is 7. The highest BCUT2D eigenvalue weighted by Crippen LogP contribution is 2.26. The third-order valence-corrected chi connectivity index (χ3v) is 6.88. The number of aromatic nitrogens is 6. The van der Waals surface area contributed by atoms with Gasteiger partial charge < -0.3 is 14.8 Å². The number of imidazole rings is 1. The molecular weight excluding hydrogens is 460 g/mol. The first-order chi connectivity index (χ1) is 17.3. The fraction of sp³-hybridized carbons (Fsp3) is 0.360. The summed E-state index contributed by atoms with van der Waals surface area (Å²) in [7, 11) is 2.94. The highest BCUT2D eigenvalue weighted by atomic mass is 16.2. The van der Waals surface area contributed by atoms with E-state index in [1.54, 1.807) is 32.4 Å². The minimum atomic E-state index is -0.742. The lowest BCUT2D eigenvalue weighted by Crippen LogP contribution is -2.38. The van der Waals surface area contributed by atoms with Gasteiger partial charge in [0.15, 0.2) is 11.2 Å². The average molecular weight is 489 g/mol. The second kappa shape index (κ2) is 9.06. The van der Waals surface area contributed by atoms with Crippen molar-refractivity contribution in [3.63, 3.8) is 0 Å². The van der Waals surface area contributed by atoms with E-state index in [1.165, 1.54) is 22.5 Å². The van der Waals surface area contributed by atoms with E-state index in [9.17, 15) is 14.4 Å². The van der Waals surface area contributed by atoms with Gasteiger partial charge in [-0.25, -0.2) is 19.7 Å². The monoisotopic (exact) mass is 488 g/mol. The van der Waals surface area contributed by atoms with Gasteiger partial charge in [0.25, 0.3) is 5.56 Å². The maximum Gasteiger partial charge on any atom is 0.332 e. The van der Waals surface area contributed by atoms with Crippen LogP contribution in [0.4, 0.5) is 11.6 Å². The van der Waals surface area contributed by atoms with E-state index in [4.69, 9.17) is 0 Å². The van der Waals surface area contributed by atoms with Gasteiger partial charge in [0, 0.05) is 50.3 Å². The van der Waals surface area contributed by atoms with Crippen molar-refractivity contribution in [2.75, 3.05) is 16.8 Å². The highest BCUT2D eigenvalue weighted by Gasteiger charge is 2.23. The molecule has 1 saturated heterocycles. The molecule has 186 valence electrons. The summed E-state index contributed by atoms with van der Waals surface area (Å²) in [4.78, 5) is 53.6. The van der Waals surface area contributed by atoms with Crippen LogP contribution in [0.3, 0.4) is 0 Å². The van der Waals surface area contributed by atoms with Crippen molar-refractivity contribution in [2.45, 2.75) is 38.8 Å². The standard InChI is InChI=1S/C25H28N8O3/c1-15-7-6-10-32(15)24-26-12-18(13-27-24)17-8-5-9-19(11-17)29-22(34)16(2)33-14-28-21-20(33)23(35)31(4)25(36)30(21)3/h5,8-9,11-16H,6-7,10H2,1-4H3,(H,29,34)/t15-,16-/m0/s1. The third kappa shape index (κ3) is 3.96. The van der Waals surface area contributed by atoms with Gasteiger partial charge in [-0.2, -0.15) is 0 Å². The molecule has 0 spiro atoms. The smallest absolute Gasteiger partial charge is 0.332 e. The van der Waals surface area contributed by atoms with Gasteiger partial charge in [-0.1, -0.05) is 12.1 Å². The summed E-state index contributed by atoms with van der Waals surface area (Å²) in [5.74, 6) is 0.412. The zero-order valence-corrected chi connectivity index (χ0v) is 20.7. The van der Waals surface area contributed by atoms with Crippen molar-refractivity contribution in [3.8, 4) is 11.1 Å². The molecular formula is C25H28N8O3. The molecule has 0 radical (unpaired) electrons. The van der Waals surface area contributed by atoms with Gasteiger partial charge in [-0.3, -0.25) is 18.7 Å². The number of nitrogens with one attached hydrogen (secondary N) is 1. The lowest BCUT2D eigenvalue weighted by molar-refractivity contribution is -0.118. The molecule has 0 bridgehead atoms. The van der Waals surface area contributed by atoms with E-state index in [1.807, 2.05) is 18.2 Å². The Morgan fingerprint density at radius 1 is 1.08 bits per heavy atom. The molecule has 1 aliphatic rings. The maximum absolute atomic E-state index is 13.1. The summed E-state index contributed by atoms with van der Waals surface area (Å²) in [6.45, 7) is 4.83. The van der Waals surface area contributed by atoms with Crippen LogP contribution in [0, 0.1) is 0 Å². The van der Waals surface area contributed by atoms with Gasteiger partial charge >= 0.3 is 5.69 Å². The van der Waals surface area contributed by atoms with Gasteiger partial charge in [0.2, 0.25) is 11.9 Å². The molecule has 11 nitrogen and oxygen atoms in total. The zero-order valence-electron chi connectivity index (χ0n) is 20.7. The van der Waals surface area contributed by atoms with Crippen molar-refractivity contribution < 1.29 is 4.79 Å². The number of aryl methyl sites for hydroxylation is 1. The van der Waals surface area contributed by atoms with Crippen LogP contribution in [0.1, 0.15) is 32.7 Å². The Kier molecular flexibility index (Phi) is 5.91. The van der Waals surface area contributed by atoms with Crippen molar-refractivity contribution in [1.29, 1.82) is 0 Å². The molecule has 3 aromatic heterocycles. The van der Waals surface area contributed by atoms with Crippen molar-refractivity contribution in [3.05, 3.63) is 63.8 Å². The second-order valence-electron chi connectivity index (χ2n) is 9.23. The topological polar surface area (TPSA) is 120 Å². The van der Waals surface area contributed by atoms with Crippen LogP contribution < -0.4 is 21.5 Å². The first-order valence-electron chi connectivity index (χ1n) is 11.9. The molecule has 1 N–H and O–H groups in total. The van der Waals surface area contributed by atoms with Crippen LogP contribution >= 0.6 is 0 Å². The molecule has 4 aromatic rings. The Bertz CT molecular complexity index is 1570.